The van der Waals surface area contributed by atoms with Crippen molar-refractivity contribution in [3.63, 3.8) is 0 Å². The number of halogens is 1. The molecule has 1 aromatic rings. The minimum absolute atomic E-state index is 0.111. The predicted octanol–water partition coefficient (Wildman–Crippen LogP) is 2.57. The number of rotatable bonds is 4. The predicted molar refractivity (Wildman–Crippen MR) is 79.0 cm³/mol. The number of benzene rings is 1. The first-order chi connectivity index (χ1) is 9.39. The van der Waals surface area contributed by atoms with Gasteiger partial charge in [0.15, 0.2) is 0 Å². The first-order valence-corrected chi connectivity index (χ1v) is 7.25. The Hall–Kier alpha value is -0.970. The second kappa shape index (κ2) is 6.20. The van der Waals surface area contributed by atoms with Gasteiger partial charge in [-0.15, -0.1) is 0 Å². The number of hydrogen-bond donors (Lipinski definition) is 1. The molecule has 2 unspecified atom stereocenters. The summed E-state index contributed by atoms with van der Waals surface area (Å²) in [7, 11) is 0. The molecular formula is C16H25FN2O. The van der Waals surface area contributed by atoms with Gasteiger partial charge in [-0.1, -0.05) is 25.1 Å². The molecule has 1 saturated heterocycles. The molecule has 1 aromatic carbocycles. The van der Waals surface area contributed by atoms with Crippen LogP contribution in [-0.2, 0) is 4.74 Å². The van der Waals surface area contributed by atoms with E-state index in [2.05, 4.69) is 25.7 Å². The molecule has 1 heterocycles. The Bertz CT molecular complexity index is 450. The molecule has 1 fully saturated rings. The summed E-state index contributed by atoms with van der Waals surface area (Å²) in [5.74, 6) is -0.0186. The molecule has 0 saturated carbocycles. The van der Waals surface area contributed by atoms with E-state index in [-0.39, 0.29) is 23.4 Å². The van der Waals surface area contributed by atoms with E-state index in [4.69, 9.17) is 10.5 Å². The molecule has 0 aliphatic carbocycles. The number of morpholine rings is 1. The zero-order valence-electron chi connectivity index (χ0n) is 12.6. The average Bonchev–Trinajstić information content (AvgIpc) is 2.37. The van der Waals surface area contributed by atoms with Crippen molar-refractivity contribution in [1.29, 1.82) is 0 Å². The lowest BCUT2D eigenvalue weighted by Crippen LogP contribution is -2.50. The first kappa shape index (κ1) is 15.4. The van der Waals surface area contributed by atoms with Crippen LogP contribution in [0.2, 0.25) is 0 Å². The lowest BCUT2D eigenvalue weighted by molar-refractivity contribution is -0.0891. The van der Waals surface area contributed by atoms with Gasteiger partial charge < -0.3 is 10.5 Å². The Morgan fingerprint density at radius 2 is 2.10 bits per heavy atom. The standard InChI is InChI=1S/C16H25FN2O/c1-12(10-19-8-9-20-16(2,3)11-19)15(18)13-6-4-5-7-14(13)17/h4-7,12,15H,8-11,18H2,1-3H3. The summed E-state index contributed by atoms with van der Waals surface area (Å²) in [5, 5.41) is 0. The molecule has 112 valence electrons. The third-order valence-corrected chi connectivity index (χ3v) is 3.93. The lowest BCUT2D eigenvalue weighted by Gasteiger charge is -2.40. The highest BCUT2D eigenvalue weighted by molar-refractivity contribution is 5.21. The van der Waals surface area contributed by atoms with Gasteiger partial charge in [0.25, 0.3) is 0 Å². The van der Waals surface area contributed by atoms with E-state index < -0.39 is 0 Å². The number of nitrogens with zero attached hydrogens (tertiary/aromatic N) is 1. The van der Waals surface area contributed by atoms with Crippen molar-refractivity contribution in [3.8, 4) is 0 Å². The third-order valence-electron chi connectivity index (χ3n) is 3.93. The zero-order valence-corrected chi connectivity index (χ0v) is 12.6. The third kappa shape index (κ3) is 3.78. The van der Waals surface area contributed by atoms with Gasteiger partial charge in [0.1, 0.15) is 5.82 Å². The highest BCUT2D eigenvalue weighted by atomic mass is 19.1. The maximum Gasteiger partial charge on any atom is 0.127 e. The van der Waals surface area contributed by atoms with Crippen LogP contribution < -0.4 is 5.73 Å². The highest BCUT2D eigenvalue weighted by Gasteiger charge is 2.29. The second-order valence-electron chi connectivity index (χ2n) is 6.37. The van der Waals surface area contributed by atoms with Crippen molar-refractivity contribution in [1.82, 2.24) is 4.90 Å². The van der Waals surface area contributed by atoms with Crippen molar-refractivity contribution in [2.75, 3.05) is 26.2 Å². The van der Waals surface area contributed by atoms with Crippen LogP contribution in [0.3, 0.4) is 0 Å². The molecule has 0 bridgehead atoms. The summed E-state index contributed by atoms with van der Waals surface area (Å²) in [4.78, 5) is 2.36. The first-order valence-electron chi connectivity index (χ1n) is 7.25. The average molecular weight is 280 g/mol. The molecule has 2 rings (SSSR count). The molecule has 0 amide bonds. The monoisotopic (exact) mass is 280 g/mol. The quantitative estimate of drug-likeness (QED) is 0.921. The smallest absolute Gasteiger partial charge is 0.127 e. The Morgan fingerprint density at radius 3 is 2.75 bits per heavy atom. The van der Waals surface area contributed by atoms with Gasteiger partial charge in [0.2, 0.25) is 0 Å². The van der Waals surface area contributed by atoms with Crippen LogP contribution in [-0.4, -0.2) is 36.7 Å². The van der Waals surface area contributed by atoms with Gasteiger partial charge in [-0.05, 0) is 25.8 Å². The largest absolute Gasteiger partial charge is 0.373 e. The van der Waals surface area contributed by atoms with E-state index in [9.17, 15) is 4.39 Å². The van der Waals surface area contributed by atoms with Crippen LogP contribution in [0.25, 0.3) is 0 Å². The molecule has 3 nitrogen and oxygen atoms in total. The van der Waals surface area contributed by atoms with Crippen molar-refractivity contribution in [2.24, 2.45) is 11.7 Å². The van der Waals surface area contributed by atoms with Crippen molar-refractivity contribution in [2.45, 2.75) is 32.4 Å². The van der Waals surface area contributed by atoms with Gasteiger partial charge in [0, 0.05) is 31.2 Å². The number of nitrogens with two attached hydrogens (primary N) is 1. The van der Waals surface area contributed by atoms with Gasteiger partial charge in [-0.2, -0.15) is 0 Å². The maximum absolute atomic E-state index is 13.8. The van der Waals surface area contributed by atoms with Gasteiger partial charge >= 0.3 is 0 Å². The van der Waals surface area contributed by atoms with E-state index in [0.717, 1.165) is 26.2 Å². The van der Waals surface area contributed by atoms with Crippen molar-refractivity contribution in [3.05, 3.63) is 35.6 Å². The van der Waals surface area contributed by atoms with Crippen molar-refractivity contribution >= 4 is 0 Å². The Kier molecular flexibility index (Phi) is 4.78. The Labute approximate surface area is 120 Å². The van der Waals surface area contributed by atoms with E-state index >= 15 is 0 Å². The van der Waals surface area contributed by atoms with Crippen LogP contribution in [0.5, 0.6) is 0 Å². The molecule has 0 spiro atoms. The lowest BCUT2D eigenvalue weighted by atomic mass is 9.93. The second-order valence-corrected chi connectivity index (χ2v) is 6.37. The van der Waals surface area contributed by atoms with E-state index in [0.29, 0.717) is 5.56 Å². The fourth-order valence-electron chi connectivity index (χ4n) is 2.84. The van der Waals surface area contributed by atoms with Gasteiger partial charge in [-0.25, -0.2) is 4.39 Å². The number of ether oxygens (including phenoxy) is 1. The summed E-state index contributed by atoms with van der Waals surface area (Å²) >= 11 is 0. The van der Waals surface area contributed by atoms with E-state index in [1.807, 2.05) is 6.07 Å². The molecular weight excluding hydrogens is 255 g/mol. The molecule has 2 N–H and O–H groups in total. The summed E-state index contributed by atoms with van der Waals surface area (Å²) in [6, 6.07) is 6.51. The van der Waals surface area contributed by atoms with Crippen LogP contribution in [0, 0.1) is 11.7 Å². The van der Waals surface area contributed by atoms with Crippen LogP contribution in [0.4, 0.5) is 4.39 Å². The highest BCUT2D eigenvalue weighted by Crippen LogP contribution is 2.24. The molecule has 1 aliphatic heterocycles. The topological polar surface area (TPSA) is 38.5 Å². The molecule has 4 heteroatoms. The fraction of sp³-hybridized carbons (Fsp3) is 0.625. The van der Waals surface area contributed by atoms with Crippen molar-refractivity contribution < 1.29 is 9.13 Å². The van der Waals surface area contributed by atoms with Crippen LogP contribution in [0.1, 0.15) is 32.4 Å². The molecule has 20 heavy (non-hydrogen) atoms. The normalized spacial score (nSPS) is 22.4. The SMILES string of the molecule is CC(CN1CCOC(C)(C)C1)C(N)c1ccccc1F. The summed E-state index contributed by atoms with van der Waals surface area (Å²) in [6.45, 7) is 9.69. The minimum Gasteiger partial charge on any atom is -0.373 e. The van der Waals surface area contributed by atoms with Gasteiger partial charge in [0.05, 0.1) is 12.2 Å². The molecule has 0 aromatic heterocycles. The minimum atomic E-state index is -0.276. The van der Waals surface area contributed by atoms with E-state index in [1.165, 1.54) is 6.07 Å². The van der Waals surface area contributed by atoms with E-state index in [1.54, 1.807) is 12.1 Å². The van der Waals surface area contributed by atoms with Crippen LogP contribution in [0.15, 0.2) is 24.3 Å². The fourth-order valence-corrected chi connectivity index (χ4v) is 2.84. The zero-order chi connectivity index (χ0) is 14.8. The number of hydrogen-bond acceptors (Lipinski definition) is 3. The molecule has 0 radical (unpaired) electrons. The van der Waals surface area contributed by atoms with Gasteiger partial charge in [-0.3, -0.25) is 4.90 Å². The Morgan fingerprint density at radius 1 is 1.40 bits per heavy atom. The summed E-state index contributed by atoms with van der Waals surface area (Å²) in [5.41, 5.74) is 6.72. The Balaban J connectivity index is 1.98. The molecule has 2 atom stereocenters. The summed E-state index contributed by atoms with van der Waals surface area (Å²) < 4.78 is 19.5. The van der Waals surface area contributed by atoms with Crippen LogP contribution >= 0.6 is 0 Å². The maximum atomic E-state index is 13.8. The summed E-state index contributed by atoms with van der Waals surface area (Å²) in [6.07, 6.45) is 0. The molecule has 1 aliphatic rings.